The van der Waals surface area contributed by atoms with Crippen LogP contribution in [-0.4, -0.2) is 16.3 Å². The first-order valence-corrected chi connectivity index (χ1v) is 7.07. The van der Waals surface area contributed by atoms with Crippen LogP contribution < -0.4 is 5.32 Å². The van der Waals surface area contributed by atoms with Gasteiger partial charge in [-0.25, -0.2) is 0 Å². The highest BCUT2D eigenvalue weighted by Gasteiger charge is 2.12. The van der Waals surface area contributed by atoms with Crippen LogP contribution in [0.4, 0.5) is 0 Å². The van der Waals surface area contributed by atoms with E-state index in [1.54, 1.807) is 0 Å². The van der Waals surface area contributed by atoms with Crippen molar-refractivity contribution in [1.82, 2.24) is 15.1 Å². The van der Waals surface area contributed by atoms with E-state index in [0.29, 0.717) is 0 Å². The lowest BCUT2D eigenvalue weighted by atomic mass is 9.98. The van der Waals surface area contributed by atoms with Gasteiger partial charge in [0.2, 0.25) is 0 Å². The molecule has 1 aromatic carbocycles. The molecule has 0 amide bonds. The number of hydrogen-bond acceptors (Lipinski definition) is 2. The number of nitrogens with zero attached hydrogens (tertiary/aromatic N) is 2. The minimum Gasteiger partial charge on any atom is -0.313 e. The fourth-order valence-electron chi connectivity index (χ4n) is 2.38. The zero-order valence-electron chi connectivity index (χ0n) is 12.1. The van der Waals surface area contributed by atoms with Crippen molar-refractivity contribution in [2.24, 2.45) is 7.05 Å². The second kappa shape index (κ2) is 6.53. The predicted molar refractivity (Wildman–Crippen MR) is 80.0 cm³/mol. The Kier molecular flexibility index (Phi) is 4.74. The summed E-state index contributed by atoms with van der Waals surface area (Å²) in [5, 5.41) is 8.00. The van der Waals surface area contributed by atoms with Crippen LogP contribution in [-0.2, 0) is 20.0 Å². The molecule has 1 aromatic heterocycles. The third-order valence-corrected chi connectivity index (χ3v) is 3.27. The van der Waals surface area contributed by atoms with E-state index in [1.807, 2.05) is 11.7 Å². The van der Waals surface area contributed by atoms with Gasteiger partial charge in [0.05, 0.1) is 5.69 Å². The molecule has 3 heteroatoms. The highest BCUT2D eigenvalue weighted by Crippen LogP contribution is 2.27. The van der Waals surface area contributed by atoms with Crippen LogP contribution in [0.3, 0.4) is 0 Å². The van der Waals surface area contributed by atoms with Crippen LogP contribution in [0.5, 0.6) is 0 Å². The highest BCUT2D eigenvalue weighted by molar-refractivity contribution is 5.69. The first-order chi connectivity index (χ1) is 9.26. The summed E-state index contributed by atoms with van der Waals surface area (Å²) in [5.74, 6) is 0. The number of nitrogens with one attached hydrogen (secondary N) is 1. The normalized spacial score (nSPS) is 10.9. The molecule has 3 nitrogen and oxygen atoms in total. The SMILES string of the molecule is CCCc1nn(C)cc1-c1ccccc1CNCC. The van der Waals surface area contributed by atoms with Gasteiger partial charge < -0.3 is 5.32 Å². The lowest BCUT2D eigenvalue weighted by molar-refractivity contribution is 0.727. The molecule has 0 unspecified atom stereocenters. The van der Waals surface area contributed by atoms with Gasteiger partial charge in [-0.3, -0.25) is 4.68 Å². The Hall–Kier alpha value is -1.61. The summed E-state index contributed by atoms with van der Waals surface area (Å²) in [5.41, 5.74) is 5.13. The van der Waals surface area contributed by atoms with E-state index in [2.05, 4.69) is 54.7 Å². The van der Waals surface area contributed by atoms with Crippen LogP contribution in [0, 0.1) is 0 Å². The molecular formula is C16H23N3. The monoisotopic (exact) mass is 257 g/mol. The maximum Gasteiger partial charge on any atom is 0.0702 e. The summed E-state index contributed by atoms with van der Waals surface area (Å²) in [6, 6.07) is 8.60. The summed E-state index contributed by atoms with van der Waals surface area (Å²) < 4.78 is 1.92. The van der Waals surface area contributed by atoms with Gasteiger partial charge >= 0.3 is 0 Å². The second-order valence-electron chi connectivity index (χ2n) is 4.85. The molecule has 0 aliphatic carbocycles. The first kappa shape index (κ1) is 13.8. The third-order valence-electron chi connectivity index (χ3n) is 3.27. The average molecular weight is 257 g/mol. The van der Waals surface area contributed by atoms with Crippen molar-refractivity contribution in [3.05, 3.63) is 41.7 Å². The Morgan fingerprint density at radius 2 is 1.95 bits per heavy atom. The van der Waals surface area contributed by atoms with E-state index < -0.39 is 0 Å². The Labute approximate surface area is 115 Å². The van der Waals surface area contributed by atoms with Crippen molar-refractivity contribution >= 4 is 0 Å². The number of benzene rings is 1. The van der Waals surface area contributed by atoms with Gasteiger partial charge in [-0.15, -0.1) is 0 Å². The average Bonchev–Trinajstić information content (AvgIpc) is 2.78. The topological polar surface area (TPSA) is 29.9 Å². The molecule has 0 saturated carbocycles. The molecule has 19 heavy (non-hydrogen) atoms. The molecule has 0 aliphatic rings. The van der Waals surface area contributed by atoms with Crippen LogP contribution in [0.25, 0.3) is 11.1 Å². The molecule has 1 heterocycles. The van der Waals surface area contributed by atoms with Crippen LogP contribution in [0.1, 0.15) is 31.5 Å². The van der Waals surface area contributed by atoms with Gasteiger partial charge in [-0.2, -0.15) is 5.10 Å². The molecule has 0 radical (unpaired) electrons. The van der Waals surface area contributed by atoms with Gasteiger partial charge in [0.1, 0.15) is 0 Å². The lowest BCUT2D eigenvalue weighted by Crippen LogP contribution is -2.12. The number of hydrogen-bond donors (Lipinski definition) is 1. The van der Waals surface area contributed by atoms with Crippen LogP contribution in [0.15, 0.2) is 30.5 Å². The van der Waals surface area contributed by atoms with Crippen molar-refractivity contribution < 1.29 is 0 Å². The quantitative estimate of drug-likeness (QED) is 0.861. The molecule has 102 valence electrons. The van der Waals surface area contributed by atoms with Gasteiger partial charge in [-0.1, -0.05) is 44.5 Å². The molecule has 1 N–H and O–H groups in total. The first-order valence-electron chi connectivity index (χ1n) is 7.07. The zero-order valence-corrected chi connectivity index (χ0v) is 12.1. The van der Waals surface area contributed by atoms with Crippen molar-refractivity contribution in [2.45, 2.75) is 33.2 Å². The molecule has 2 aromatic rings. The molecule has 0 fully saturated rings. The van der Waals surface area contributed by atoms with E-state index in [9.17, 15) is 0 Å². The van der Waals surface area contributed by atoms with Crippen LogP contribution in [0.2, 0.25) is 0 Å². The van der Waals surface area contributed by atoms with E-state index in [-0.39, 0.29) is 0 Å². The van der Waals surface area contributed by atoms with Crippen molar-refractivity contribution in [2.75, 3.05) is 6.54 Å². The maximum atomic E-state index is 4.59. The van der Waals surface area contributed by atoms with Gasteiger partial charge in [0, 0.05) is 25.4 Å². The summed E-state index contributed by atoms with van der Waals surface area (Å²) >= 11 is 0. The Bertz CT molecular complexity index is 529. The van der Waals surface area contributed by atoms with Crippen molar-refractivity contribution in [1.29, 1.82) is 0 Å². The highest BCUT2D eigenvalue weighted by atomic mass is 15.2. The molecule has 0 atom stereocenters. The summed E-state index contributed by atoms with van der Waals surface area (Å²) in [6.45, 7) is 6.23. The fourth-order valence-corrected chi connectivity index (χ4v) is 2.38. The molecular weight excluding hydrogens is 234 g/mol. The third kappa shape index (κ3) is 3.24. The molecule has 2 rings (SSSR count). The molecule has 0 aliphatic heterocycles. The summed E-state index contributed by atoms with van der Waals surface area (Å²) in [6.07, 6.45) is 4.29. The number of aromatic nitrogens is 2. The van der Waals surface area contributed by atoms with Crippen molar-refractivity contribution in [3.8, 4) is 11.1 Å². The minimum atomic E-state index is 0.910. The summed E-state index contributed by atoms with van der Waals surface area (Å²) in [4.78, 5) is 0. The van der Waals surface area contributed by atoms with Crippen molar-refractivity contribution in [3.63, 3.8) is 0 Å². The number of rotatable bonds is 6. The maximum absolute atomic E-state index is 4.59. The smallest absolute Gasteiger partial charge is 0.0702 e. The minimum absolute atomic E-state index is 0.910. The van der Waals surface area contributed by atoms with Gasteiger partial charge in [0.15, 0.2) is 0 Å². The fraction of sp³-hybridized carbons (Fsp3) is 0.438. The second-order valence-corrected chi connectivity index (χ2v) is 4.85. The Morgan fingerprint density at radius 1 is 1.16 bits per heavy atom. The Morgan fingerprint density at radius 3 is 2.68 bits per heavy atom. The summed E-state index contributed by atoms with van der Waals surface area (Å²) in [7, 11) is 2.00. The van der Waals surface area contributed by atoms with Gasteiger partial charge in [0.25, 0.3) is 0 Å². The van der Waals surface area contributed by atoms with Gasteiger partial charge in [-0.05, 0) is 24.1 Å². The zero-order chi connectivity index (χ0) is 13.7. The predicted octanol–water partition coefficient (Wildman–Crippen LogP) is 3.15. The molecule has 0 bridgehead atoms. The van der Waals surface area contributed by atoms with E-state index >= 15 is 0 Å². The van der Waals surface area contributed by atoms with Crippen LogP contribution >= 0.6 is 0 Å². The largest absolute Gasteiger partial charge is 0.313 e. The standard InChI is InChI=1S/C16H23N3/c1-4-8-16-15(12-19(3)18-16)14-10-7-6-9-13(14)11-17-5-2/h6-7,9-10,12,17H,4-5,8,11H2,1-3H3. The van der Waals surface area contributed by atoms with E-state index in [1.165, 1.54) is 22.4 Å². The van der Waals surface area contributed by atoms with E-state index in [0.717, 1.165) is 25.9 Å². The molecule has 0 spiro atoms. The van der Waals surface area contributed by atoms with E-state index in [4.69, 9.17) is 0 Å². The number of aryl methyl sites for hydroxylation is 2. The molecule has 0 saturated heterocycles. The lowest BCUT2D eigenvalue weighted by Gasteiger charge is -2.09. The Balaban J connectivity index is 2.40.